The van der Waals surface area contributed by atoms with Crippen LogP contribution in [0.3, 0.4) is 0 Å². The molecule has 0 saturated heterocycles. The molecule has 1 heterocycles. The molecule has 8 nitrogen and oxygen atoms in total. The van der Waals surface area contributed by atoms with E-state index >= 15 is 0 Å². The minimum Gasteiger partial charge on any atom is -0.494 e. The molecule has 9 heteroatoms. The summed E-state index contributed by atoms with van der Waals surface area (Å²) in [5, 5.41) is 9.92. The molecule has 0 aliphatic heterocycles. The summed E-state index contributed by atoms with van der Waals surface area (Å²) in [6.07, 6.45) is 2.45. The Balaban J connectivity index is 1.29. The summed E-state index contributed by atoms with van der Waals surface area (Å²) < 4.78 is 10.7. The van der Waals surface area contributed by atoms with Gasteiger partial charge in [0.25, 0.3) is 5.91 Å². The number of ether oxygens (including phenoxy) is 1. The fourth-order valence-corrected chi connectivity index (χ4v) is 3.32. The normalized spacial score (nSPS) is 12.9. The zero-order valence-electron chi connectivity index (χ0n) is 17.6. The quantitative estimate of drug-likeness (QED) is 0.500. The lowest BCUT2D eigenvalue weighted by atomic mass is 10.2. The molecule has 1 aliphatic rings. The Labute approximate surface area is 190 Å². The Hall–Kier alpha value is -3.39. The van der Waals surface area contributed by atoms with Crippen LogP contribution in [0.4, 0.5) is 5.69 Å². The number of amides is 2. The van der Waals surface area contributed by atoms with Crippen molar-refractivity contribution in [3.8, 4) is 17.1 Å². The highest BCUT2D eigenvalue weighted by Crippen LogP contribution is 2.24. The van der Waals surface area contributed by atoms with Gasteiger partial charge in [-0.05, 0) is 62.2 Å². The Kier molecular flexibility index (Phi) is 6.70. The Morgan fingerprint density at radius 2 is 1.97 bits per heavy atom. The molecule has 1 aromatic heterocycles. The van der Waals surface area contributed by atoms with Gasteiger partial charge in [-0.15, -0.1) is 0 Å². The van der Waals surface area contributed by atoms with Gasteiger partial charge in [-0.3, -0.25) is 9.59 Å². The number of aromatic nitrogens is 2. The topological polar surface area (TPSA) is 106 Å². The number of carbonyl (C=O) groups is 2. The Morgan fingerprint density at radius 1 is 1.19 bits per heavy atom. The van der Waals surface area contributed by atoms with Crippen molar-refractivity contribution in [2.24, 2.45) is 0 Å². The van der Waals surface area contributed by atoms with Crippen LogP contribution in [-0.4, -0.2) is 34.6 Å². The molecule has 3 aromatic rings. The predicted molar refractivity (Wildman–Crippen MR) is 120 cm³/mol. The molecule has 1 saturated carbocycles. The summed E-state index contributed by atoms with van der Waals surface area (Å²) in [6, 6.07) is 12.5. The standard InChI is InChI=1S/C23H23ClN4O4/c1-2-31-17-8-3-14(4-9-17)22-27-21(32-28-22)12-11-20(29)25-16-7-10-18(19(24)13-16)23(30)26-15-5-6-15/h3-4,7-10,13,15H,2,5-6,11-12H2,1H3,(H,25,29)(H,26,30). The molecular weight excluding hydrogens is 432 g/mol. The van der Waals surface area contributed by atoms with E-state index in [-0.39, 0.29) is 29.3 Å². The van der Waals surface area contributed by atoms with Crippen LogP contribution >= 0.6 is 11.6 Å². The second-order valence-corrected chi connectivity index (χ2v) is 7.87. The molecule has 0 atom stereocenters. The van der Waals surface area contributed by atoms with E-state index in [1.54, 1.807) is 18.2 Å². The van der Waals surface area contributed by atoms with Crippen LogP contribution in [0, 0.1) is 0 Å². The van der Waals surface area contributed by atoms with E-state index < -0.39 is 0 Å². The van der Waals surface area contributed by atoms with Crippen LogP contribution in [0.15, 0.2) is 47.0 Å². The van der Waals surface area contributed by atoms with Gasteiger partial charge in [-0.25, -0.2) is 0 Å². The second kappa shape index (κ2) is 9.82. The largest absolute Gasteiger partial charge is 0.494 e. The molecule has 0 bridgehead atoms. The first-order valence-corrected chi connectivity index (χ1v) is 10.9. The average Bonchev–Trinajstić information content (AvgIpc) is 3.46. The van der Waals surface area contributed by atoms with Crippen molar-refractivity contribution in [3.05, 3.63) is 58.9 Å². The average molecular weight is 455 g/mol. The summed E-state index contributed by atoms with van der Waals surface area (Å²) in [6.45, 7) is 2.52. The van der Waals surface area contributed by atoms with E-state index in [4.69, 9.17) is 20.9 Å². The fourth-order valence-electron chi connectivity index (χ4n) is 3.05. The van der Waals surface area contributed by atoms with Gasteiger partial charge in [-0.2, -0.15) is 4.98 Å². The van der Waals surface area contributed by atoms with Crippen LogP contribution in [0.25, 0.3) is 11.4 Å². The Bertz CT molecular complexity index is 1110. The van der Waals surface area contributed by atoms with Gasteiger partial charge in [-0.1, -0.05) is 16.8 Å². The van der Waals surface area contributed by atoms with Crippen molar-refractivity contribution in [1.82, 2.24) is 15.5 Å². The van der Waals surface area contributed by atoms with E-state index in [0.717, 1.165) is 24.2 Å². The number of carbonyl (C=O) groups excluding carboxylic acids is 2. The highest BCUT2D eigenvalue weighted by molar-refractivity contribution is 6.34. The highest BCUT2D eigenvalue weighted by Gasteiger charge is 2.24. The number of nitrogens with zero attached hydrogens (tertiary/aromatic N) is 2. The third-order valence-corrected chi connectivity index (χ3v) is 5.18. The second-order valence-electron chi connectivity index (χ2n) is 7.46. The smallest absolute Gasteiger partial charge is 0.253 e. The molecule has 0 unspecified atom stereocenters. The van der Waals surface area contributed by atoms with Crippen LogP contribution in [0.2, 0.25) is 5.02 Å². The molecule has 0 spiro atoms. The minimum absolute atomic E-state index is 0.159. The summed E-state index contributed by atoms with van der Waals surface area (Å²) in [5.74, 6) is 1.17. The van der Waals surface area contributed by atoms with Crippen molar-refractivity contribution in [2.45, 2.75) is 38.6 Å². The zero-order valence-corrected chi connectivity index (χ0v) is 18.3. The van der Waals surface area contributed by atoms with E-state index in [0.29, 0.717) is 36.0 Å². The van der Waals surface area contributed by atoms with Crippen LogP contribution in [0.5, 0.6) is 5.75 Å². The predicted octanol–water partition coefficient (Wildman–Crippen LogP) is 4.25. The van der Waals surface area contributed by atoms with Crippen molar-refractivity contribution in [1.29, 1.82) is 0 Å². The van der Waals surface area contributed by atoms with Crippen molar-refractivity contribution < 1.29 is 18.8 Å². The van der Waals surface area contributed by atoms with E-state index in [2.05, 4.69) is 20.8 Å². The highest BCUT2D eigenvalue weighted by atomic mass is 35.5. The van der Waals surface area contributed by atoms with E-state index in [9.17, 15) is 9.59 Å². The number of nitrogens with one attached hydrogen (secondary N) is 2. The summed E-state index contributed by atoms with van der Waals surface area (Å²) in [7, 11) is 0. The van der Waals surface area contributed by atoms with E-state index in [1.807, 2.05) is 31.2 Å². The maximum absolute atomic E-state index is 12.3. The monoisotopic (exact) mass is 454 g/mol. The first-order chi connectivity index (χ1) is 15.5. The van der Waals surface area contributed by atoms with Gasteiger partial charge in [0.1, 0.15) is 5.75 Å². The van der Waals surface area contributed by atoms with Gasteiger partial charge >= 0.3 is 0 Å². The fraction of sp³-hybridized carbons (Fsp3) is 0.304. The number of hydrogen-bond acceptors (Lipinski definition) is 6. The molecule has 32 heavy (non-hydrogen) atoms. The van der Waals surface area contributed by atoms with Crippen LogP contribution in [-0.2, 0) is 11.2 Å². The maximum Gasteiger partial charge on any atom is 0.253 e. The lowest BCUT2D eigenvalue weighted by Gasteiger charge is -2.09. The number of benzene rings is 2. The molecule has 1 fully saturated rings. The number of aryl methyl sites for hydroxylation is 1. The Morgan fingerprint density at radius 3 is 2.66 bits per heavy atom. The minimum atomic E-state index is -0.225. The molecular formula is C23H23ClN4O4. The van der Waals surface area contributed by atoms with Gasteiger partial charge in [0.2, 0.25) is 17.6 Å². The third-order valence-electron chi connectivity index (χ3n) is 4.87. The van der Waals surface area contributed by atoms with Gasteiger partial charge < -0.3 is 19.9 Å². The van der Waals surface area contributed by atoms with E-state index in [1.165, 1.54) is 0 Å². The molecule has 1 aliphatic carbocycles. The molecule has 166 valence electrons. The SMILES string of the molecule is CCOc1ccc(-c2noc(CCC(=O)Nc3ccc(C(=O)NC4CC4)c(Cl)c3)n2)cc1. The van der Waals surface area contributed by atoms with Crippen LogP contribution in [0.1, 0.15) is 42.4 Å². The zero-order chi connectivity index (χ0) is 22.5. The number of rotatable bonds is 9. The van der Waals surface area contributed by atoms with Crippen molar-refractivity contribution in [2.75, 3.05) is 11.9 Å². The van der Waals surface area contributed by atoms with Crippen molar-refractivity contribution >= 4 is 29.1 Å². The van der Waals surface area contributed by atoms with Gasteiger partial charge in [0.15, 0.2) is 0 Å². The van der Waals surface area contributed by atoms with Crippen LogP contribution < -0.4 is 15.4 Å². The molecule has 4 rings (SSSR count). The molecule has 2 aromatic carbocycles. The summed E-state index contributed by atoms with van der Waals surface area (Å²) in [4.78, 5) is 28.8. The molecule has 2 N–H and O–H groups in total. The number of hydrogen-bond donors (Lipinski definition) is 2. The third kappa shape index (κ3) is 5.64. The first-order valence-electron chi connectivity index (χ1n) is 10.5. The lowest BCUT2D eigenvalue weighted by Crippen LogP contribution is -2.25. The van der Waals surface area contributed by atoms with Crippen molar-refractivity contribution in [3.63, 3.8) is 0 Å². The van der Waals surface area contributed by atoms with Gasteiger partial charge in [0.05, 0.1) is 17.2 Å². The summed E-state index contributed by atoms with van der Waals surface area (Å²) >= 11 is 6.22. The number of halogens is 1. The molecule has 2 amide bonds. The number of anilines is 1. The first kappa shape index (κ1) is 21.8. The maximum atomic E-state index is 12.3. The molecule has 0 radical (unpaired) electrons. The lowest BCUT2D eigenvalue weighted by molar-refractivity contribution is -0.116. The summed E-state index contributed by atoms with van der Waals surface area (Å²) in [5.41, 5.74) is 1.71. The van der Waals surface area contributed by atoms with Gasteiger partial charge in [0, 0.05) is 30.1 Å².